The first-order chi connectivity index (χ1) is 13.3. The lowest BCUT2D eigenvalue weighted by atomic mass is 10.2. The Hall–Kier alpha value is -2.97. The van der Waals surface area contributed by atoms with Gasteiger partial charge in [-0.3, -0.25) is 0 Å². The van der Waals surface area contributed by atoms with Crippen LogP contribution in [0.4, 0.5) is 0 Å². The van der Waals surface area contributed by atoms with Crippen LogP contribution in [0, 0.1) is 13.8 Å². The number of methoxy groups -OCH3 is 1. The van der Waals surface area contributed by atoms with Gasteiger partial charge in [-0.15, -0.1) is 0 Å². The van der Waals surface area contributed by atoms with Crippen molar-refractivity contribution in [1.82, 2.24) is 14.5 Å². The van der Waals surface area contributed by atoms with Crippen LogP contribution in [-0.2, 0) is 21.3 Å². The molecule has 0 saturated carbocycles. The summed E-state index contributed by atoms with van der Waals surface area (Å²) in [4.78, 5) is 11.7. The molecule has 1 N–H and O–H groups in total. The third kappa shape index (κ3) is 3.97. The standard InChI is InChI=1S/C20H21N3O4S/c1-14-19(15(2)23(22-14)17-9-5-4-6-10-17)13-21-28(25,26)18-11-7-8-16(12-18)20(24)27-3/h4-12,21H,13H2,1-3H3. The van der Waals surface area contributed by atoms with Crippen molar-refractivity contribution in [3.8, 4) is 5.69 Å². The summed E-state index contributed by atoms with van der Waals surface area (Å²) in [5, 5.41) is 4.52. The van der Waals surface area contributed by atoms with E-state index in [4.69, 9.17) is 0 Å². The molecule has 0 aliphatic carbocycles. The number of benzene rings is 2. The first kappa shape index (κ1) is 19.8. The molecule has 0 spiro atoms. The molecule has 8 heteroatoms. The van der Waals surface area contributed by atoms with E-state index in [-0.39, 0.29) is 17.0 Å². The summed E-state index contributed by atoms with van der Waals surface area (Å²) >= 11 is 0. The van der Waals surface area contributed by atoms with E-state index in [0.29, 0.717) is 0 Å². The minimum absolute atomic E-state index is 0.00107. The average molecular weight is 399 g/mol. The molecule has 0 amide bonds. The number of carbonyl (C=O) groups is 1. The lowest BCUT2D eigenvalue weighted by Crippen LogP contribution is -2.24. The molecule has 28 heavy (non-hydrogen) atoms. The largest absolute Gasteiger partial charge is 0.465 e. The normalized spacial score (nSPS) is 11.4. The van der Waals surface area contributed by atoms with E-state index in [1.54, 1.807) is 4.68 Å². The van der Waals surface area contributed by atoms with Crippen molar-refractivity contribution in [3.63, 3.8) is 0 Å². The monoisotopic (exact) mass is 399 g/mol. The first-order valence-electron chi connectivity index (χ1n) is 8.62. The Bertz CT molecular complexity index is 1110. The fraction of sp³-hybridized carbons (Fsp3) is 0.200. The van der Waals surface area contributed by atoms with Gasteiger partial charge >= 0.3 is 5.97 Å². The Morgan fingerprint density at radius 3 is 2.50 bits per heavy atom. The number of nitrogens with one attached hydrogen (secondary N) is 1. The van der Waals surface area contributed by atoms with Gasteiger partial charge in [0.25, 0.3) is 0 Å². The van der Waals surface area contributed by atoms with Crippen LogP contribution in [0.5, 0.6) is 0 Å². The van der Waals surface area contributed by atoms with Crippen LogP contribution < -0.4 is 4.72 Å². The second-order valence-electron chi connectivity index (χ2n) is 6.24. The Labute approximate surface area is 164 Å². The topological polar surface area (TPSA) is 90.3 Å². The third-order valence-corrected chi connectivity index (χ3v) is 5.85. The minimum Gasteiger partial charge on any atom is -0.465 e. The number of para-hydroxylation sites is 1. The third-order valence-electron chi connectivity index (χ3n) is 4.45. The van der Waals surface area contributed by atoms with E-state index in [2.05, 4.69) is 14.6 Å². The quantitative estimate of drug-likeness (QED) is 0.644. The van der Waals surface area contributed by atoms with Gasteiger partial charge in [0.15, 0.2) is 0 Å². The molecule has 0 atom stereocenters. The Morgan fingerprint density at radius 2 is 1.82 bits per heavy atom. The number of carbonyl (C=O) groups excluding carboxylic acids is 1. The zero-order valence-corrected chi connectivity index (χ0v) is 16.7. The van der Waals surface area contributed by atoms with Gasteiger partial charge in [-0.1, -0.05) is 24.3 Å². The van der Waals surface area contributed by atoms with E-state index in [1.807, 2.05) is 44.2 Å². The van der Waals surface area contributed by atoms with E-state index < -0.39 is 16.0 Å². The zero-order chi connectivity index (χ0) is 20.3. The van der Waals surface area contributed by atoms with Crippen LogP contribution in [0.25, 0.3) is 5.69 Å². The molecule has 146 valence electrons. The summed E-state index contributed by atoms with van der Waals surface area (Å²) in [5.74, 6) is -0.590. The summed E-state index contributed by atoms with van der Waals surface area (Å²) in [5.41, 5.74) is 3.48. The maximum Gasteiger partial charge on any atom is 0.337 e. The van der Waals surface area contributed by atoms with Crippen LogP contribution in [-0.4, -0.2) is 31.3 Å². The molecule has 0 bridgehead atoms. The molecular weight excluding hydrogens is 378 g/mol. The van der Waals surface area contributed by atoms with Crippen molar-refractivity contribution in [2.24, 2.45) is 0 Å². The number of ether oxygens (including phenoxy) is 1. The van der Waals surface area contributed by atoms with Gasteiger partial charge in [0.1, 0.15) is 0 Å². The van der Waals surface area contributed by atoms with Crippen molar-refractivity contribution < 1.29 is 17.9 Å². The predicted octanol–water partition coefficient (Wildman–Crippen LogP) is 2.75. The lowest BCUT2D eigenvalue weighted by molar-refractivity contribution is 0.0600. The Balaban J connectivity index is 1.84. The number of aromatic nitrogens is 2. The Kier molecular flexibility index (Phi) is 5.62. The van der Waals surface area contributed by atoms with Gasteiger partial charge in [0, 0.05) is 17.8 Å². The minimum atomic E-state index is -3.81. The SMILES string of the molecule is COC(=O)c1cccc(S(=O)(=O)NCc2c(C)nn(-c3ccccc3)c2C)c1. The zero-order valence-electron chi connectivity index (χ0n) is 15.8. The summed E-state index contributed by atoms with van der Waals surface area (Å²) < 4.78 is 34.4. The number of nitrogens with zero attached hydrogens (tertiary/aromatic N) is 2. The number of aryl methyl sites for hydroxylation is 1. The number of hydrogen-bond acceptors (Lipinski definition) is 5. The van der Waals surface area contributed by atoms with Crippen molar-refractivity contribution in [2.75, 3.05) is 7.11 Å². The summed E-state index contributed by atoms with van der Waals surface area (Å²) in [7, 11) is -2.56. The molecule has 0 radical (unpaired) electrons. The van der Waals surface area contributed by atoms with Gasteiger partial charge < -0.3 is 4.74 Å². The molecule has 0 fully saturated rings. The number of hydrogen-bond donors (Lipinski definition) is 1. The fourth-order valence-corrected chi connectivity index (χ4v) is 3.95. The van der Waals surface area contributed by atoms with Gasteiger partial charge in [0.2, 0.25) is 10.0 Å². The molecule has 7 nitrogen and oxygen atoms in total. The molecule has 0 aliphatic rings. The molecule has 3 aromatic rings. The van der Waals surface area contributed by atoms with Crippen LogP contribution in [0.15, 0.2) is 59.5 Å². The van der Waals surface area contributed by atoms with E-state index >= 15 is 0 Å². The van der Waals surface area contributed by atoms with E-state index in [1.165, 1.54) is 31.4 Å². The lowest BCUT2D eigenvalue weighted by Gasteiger charge is -2.09. The molecular formula is C20H21N3O4S. The predicted molar refractivity (Wildman–Crippen MR) is 105 cm³/mol. The van der Waals surface area contributed by atoms with Crippen LogP contribution in [0.1, 0.15) is 27.3 Å². The highest BCUT2D eigenvalue weighted by Gasteiger charge is 2.19. The van der Waals surface area contributed by atoms with Crippen molar-refractivity contribution in [2.45, 2.75) is 25.3 Å². The Morgan fingerprint density at radius 1 is 1.11 bits per heavy atom. The number of esters is 1. The highest BCUT2D eigenvalue weighted by Crippen LogP contribution is 2.19. The average Bonchev–Trinajstić information content (AvgIpc) is 3.00. The van der Waals surface area contributed by atoms with Crippen LogP contribution in [0.3, 0.4) is 0 Å². The molecule has 0 unspecified atom stereocenters. The van der Waals surface area contributed by atoms with E-state index in [0.717, 1.165) is 22.6 Å². The molecule has 0 aliphatic heterocycles. The first-order valence-corrected chi connectivity index (χ1v) is 10.1. The highest BCUT2D eigenvalue weighted by molar-refractivity contribution is 7.89. The van der Waals surface area contributed by atoms with Crippen LogP contribution >= 0.6 is 0 Å². The van der Waals surface area contributed by atoms with Gasteiger partial charge in [-0.25, -0.2) is 22.6 Å². The second-order valence-corrected chi connectivity index (χ2v) is 8.01. The molecule has 2 aromatic carbocycles. The summed E-state index contributed by atoms with van der Waals surface area (Å²) in [6.45, 7) is 3.83. The molecule has 1 heterocycles. The smallest absolute Gasteiger partial charge is 0.337 e. The van der Waals surface area contributed by atoms with Gasteiger partial charge in [0.05, 0.1) is 29.0 Å². The van der Waals surface area contributed by atoms with Crippen molar-refractivity contribution in [3.05, 3.63) is 77.1 Å². The van der Waals surface area contributed by atoms with Gasteiger partial charge in [-0.05, 0) is 44.2 Å². The second kappa shape index (κ2) is 7.95. The maximum absolute atomic E-state index is 12.7. The molecule has 0 saturated heterocycles. The summed E-state index contributed by atoms with van der Waals surface area (Å²) in [6.07, 6.45) is 0. The molecule has 3 rings (SSSR count). The van der Waals surface area contributed by atoms with Crippen molar-refractivity contribution >= 4 is 16.0 Å². The molecule has 1 aromatic heterocycles. The fourth-order valence-electron chi connectivity index (χ4n) is 2.91. The maximum atomic E-state index is 12.7. The van der Waals surface area contributed by atoms with Gasteiger partial charge in [-0.2, -0.15) is 5.10 Å². The summed E-state index contributed by atoms with van der Waals surface area (Å²) in [6, 6.07) is 15.4. The van der Waals surface area contributed by atoms with E-state index in [9.17, 15) is 13.2 Å². The highest BCUT2D eigenvalue weighted by atomic mass is 32.2. The van der Waals surface area contributed by atoms with Crippen molar-refractivity contribution in [1.29, 1.82) is 0 Å². The number of sulfonamides is 1. The van der Waals surface area contributed by atoms with Crippen LogP contribution in [0.2, 0.25) is 0 Å². The number of rotatable bonds is 6.